The summed E-state index contributed by atoms with van der Waals surface area (Å²) in [5, 5.41) is 10.4. The van der Waals surface area contributed by atoms with Gasteiger partial charge in [0.25, 0.3) is 0 Å². The number of aliphatic carboxylic acids is 1. The standard InChI is InChI=1S/C23H41BrO2/c1-3-5-7-9-11-13-15-17-21(22(19-20-24)23(25)26)18-16-14-12-10-8-6-4-2/h3-4,21-22H,1-2,5-20H2,(H,25,26). The molecule has 0 fully saturated rings. The van der Waals surface area contributed by atoms with Crippen molar-refractivity contribution in [1.82, 2.24) is 0 Å². The highest BCUT2D eigenvalue weighted by atomic mass is 79.9. The second-order valence-corrected chi connectivity index (χ2v) is 8.24. The van der Waals surface area contributed by atoms with E-state index in [-0.39, 0.29) is 5.92 Å². The molecule has 0 aromatic heterocycles. The average Bonchev–Trinajstić information content (AvgIpc) is 2.63. The Morgan fingerprint density at radius 3 is 1.58 bits per heavy atom. The first kappa shape index (κ1) is 25.4. The molecule has 0 aliphatic rings. The van der Waals surface area contributed by atoms with Crippen LogP contribution in [0.3, 0.4) is 0 Å². The van der Waals surface area contributed by atoms with E-state index >= 15 is 0 Å². The Balaban J connectivity index is 4.18. The van der Waals surface area contributed by atoms with E-state index in [1.54, 1.807) is 0 Å². The maximum Gasteiger partial charge on any atom is 0.306 e. The van der Waals surface area contributed by atoms with Crippen LogP contribution in [-0.4, -0.2) is 16.4 Å². The van der Waals surface area contributed by atoms with Crippen molar-refractivity contribution in [2.24, 2.45) is 11.8 Å². The summed E-state index contributed by atoms with van der Waals surface area (Å²) in [6.07, 6.45) is 21.4. The maximum atomic E-state index is 11.7. The Morgan fingerprint density at radius 1 is 0.769 bits per heavy atom. The number of allylic oxidation sites excluding steroid dienone is 2. The SMILES string of the molecule is C=CCCCCCCCC(CCCCCCCC=C)C(CCBr)C(=O)O. The van der Waals surface area contributed by atoms with Gasteiger partial charge in [-0.15, -0.1) is 13.2 Å². The second-order valence-electron chi connectivity index (χ2n) is 7.45. The van der Waals surface area contributed by atoms with Crippen LogP contribution in [0.2, 0.25) is 0 Å². The van der Waals surface area contributed by atoms with Crippen molar-refractivity contribution in [3.8, 4) is 0 Å². The molecule has 0 radical (unpaired) electrons. The molecule has 1 atom stereocenters. The lowest BCUT2D eigenvalue weighted by Crippen LogP contribution is -2.24. The molecule has 2 nitrogen and oxygen atoms in total. The molecule has 0 aromatic rings. The minimum atomic E-state index is -0.605. The van der Waals surface area contributed by atoms with Crippen LogP contribution in [0.25, 0.3) is 0 Å². The first-order valence-electron chi connectivity index (χ1n) is 10.7. The van der Waals surface area contributed by atoms with Crippen molar-refractivity contribution in [1.29, 1.82) is 0 Å². The molecule has 3 heteroatoms. The number of hydrogen-bond donors (Lipinski definition) is 1. The molecule has 0 amide bonds. The average molecular weight is 429 g/mol. The molecule has 0 spiro atoms. The predicted molar refractivity (Wildman–Crippen MR) is 118 cm³/mol. The van der Waals surface area contributed by atoms with E-state index in [1.165, 1.54) is 64.2 Å². The molecule has 152 valence electrons. The number of rotatable bonds is 20. The largest absolute Gasteiger partial charge is 0.481 e. The summed E-state index contributed by atoms with van der Waals surface area (Å²) in [7, 11) is 0. The number of unbranched alkanes of at least 4 members (excludes halogenated alkanes) is 10. The number of halogens is 1. The molecule has 0 bridgehead atoms. The molecule has 0 aliphatic heterocycles. The molecule has 0 saturated carbocycles. The minimum Gasteiger partial charge on any atom is -0.481 e. The van der Waals surface area contributed by atoms with Crippen LogP contribution in [0.5, 0.6) is 0 Å². The zero-order chi connectivity index (χ0) is 19.5. The van der Waals surface area contributed by atoms with Crippen LogP contribution in [0.1, 0.15) is 96.3 Å². The summed E-state index contributed by atoms with van der Waals surface area (Å²) in [5.74, 6) is -0.450. The maximum absolute atomic E-state index is 11.7. The Bertz CT molecular complexity index is 332. The zero-order valence-corrected chi connectivity index (χ0v) is 18.4. The topological polar surface area (TPSA) is 37.3 Å². The minimum absolute atomic E-state index is 0.184. The van der Waals surface area contributed by atoms with E-state index in [4.69, 9.17) is 0 Å². The van der Waals surface area contributed by atoms with Crippen LogP contribution in [0, 0.1) is 11.8 Å². The molecule has 0 aliphatic carbocycles. The molecule has 0 heterocycles. The van der Waals surface area contributed by atoms with Crippen molar-refractivity contribution in [3.63, 3.8) is 0 Å². The van der Waals surface area contributed by atoms with Gasteiger partial charge in [-0.1, -0.05) is 79.4 Å². The first-order valence-corrected chi connectivity index (χ1v) is 11.8. The van der Waals surface area contributed by atoms with E-state index in [2.05, 4.69) is 29.1 Å². The third-order valence-corrected chi connectivity index (χ3v) is 5.73. The fraction of sp³-hybridized carbons (Fsp3) is 0.783. The van der Waals surface area contributed by atoms with E-state index in [9.17, 15) is 9.90 Å². The summed E-state index contributed by atoms with van der Waals surface area (Å²) >= 11 is 3.44. The molecule has 0 aromatic carbocycles. The second kappa shape index (κ2) is 19.2. The lowest BCUT2D eigenvalue weighted by Gasteiger charge is -2.23. The van der Waals surface area contributed by atoms with Crippen LogP contribution < -0.4 is 0 Å². The number of carbonyl (C=O) groups is 1. The highest BCUT2D eigenvalue weighted by Crippen LogP contribution is 2.29. The van der Waals surface area contributed by atoms with Crippen molar-refractivity contribution in [2.45, 2.75) is 96.3 Å². The van der Waals surface area contributed by atoms with Gasteiger partial charge >= 0.3 is 5.97 Å². The Morgan fingerprint density at radius 2 is 1.19 bits per heavy atom. The number of carboxylic acid groups (broad SMARTS) is 1. The van der Waals surface area contributed by atoms with Crippen LogP contribution in [0.4, 0.5) is 0 Å². The van der Waals surface area contributed by atoms with E-state index in [0.29, 0.717) is 5.92 Å². The summed E-state index contributed by atoms with van der Waals surface area (Å²) in [5.41, 5.74) is 0. The van der Waals surface area contributed by atoms with E-state index in [0.717, 1.165) is 37.4 Å². The summed E-state index contributed by atoms with van der Waals surface area (Å²) < 4.78 is 0. The highest BCUT2D eigenvalue weighted by molar-refractivity contribution is 9.09. The molecular formula is C23H41BrO2. The van der Waals surface area contributed by atoms with E-state index < -0.39 is 5.97 Å². The quantitative estimate of drug-likeness (QED) is 0.121. The number of alkyl halides is 1. The third-order valence-electron chi connectivity index (χ3n) is 5.27. The van der Waals surface area contributed by atoms with Crippen molar-refractivity contribution in [2.75, 3.05) is 5.33 Å². The lowest BCUT2D eigenvalue weighted by molar-refractivity contribution is -0.144. The number of hydrogen-bond acceptors (Lipinski definition) is 1. The molecule has 1 N–H and O–H groups in total. The summed E-state index contributed by atoms with van der Waals surface area (Å²) in [6.45, 7) is 7.53. The van der Waals surface area contributed by atoms with Crippen molar-refractivity contribution >= 4 is 21.9 Å². The van der Waals surface area contributed by atoms with Gasteiger partial charge in [0.05, 0.1) is 5.92 Å². The lowest BCUT2D eigenvalue weighted by atomic mass is 9.82. The van der Waals surface area contributed by atoms with Gasteiger partial charge in [-0.3, -0.25) is 4.79 Å². The number of carboxylic acids is 1. The normalized spacial score (nSPS) is 12.2. The van der Waals surface area contributed by atoms with Gasteiger partial charge in [-0.25, -0.2) is 0 Å². The monoisotopic (exact) mass is 428 g/mol. The Kier molecular flexibility index (Phi) is 18.8. The molecule has 26 heavy (non-hydrogen) atoms. The Labute approximate surface area is 170 Å². The van der Waals surface area contributed by atoms with Gasteiger partial charge in [0.2, 0.25) is 0 Å². The predicted octanol–water partition coefficient (Wildman–Crippen LogP) is 7.92. The van der Waals surface area contributed by atoms with Crippen LogP contribution in [-0.2, 0) is 4.79 Å². The molecular weight excluding hydrogens is 388 g/mol. The van der Waals surface area contributed by atoms with Gasteiger partial charge in [-0.2, -0.15) is 0 Å². The van der Waals surface area contributed by atoms with Crippen LogP contribution >= 0.6 is 15.9 Å². The van der Waals surface area contributed by atoms with Gasteiger partial charge in [0.1, 0.15) is 0 Å². The Hall–Kier alpha value is -0.570. The fourth-order valence-electron chi connectivity index (χ4n) is 3.68. The van der Waals surface area contributed by atoms with Gasteiger partial charge in [0.15, 0.2) is 0 Å². The molecule has 0 rings (SSSR count). The van der Waals surface area contributed by atoms with Gasteiger partial charge < -0.3 is 5.11 Å². The summed E-state index contributed by atoms with van der Waals surface area (Å²) in [6, 6.07) is 0. The summed E-state index contributed by atoms with van der Waals surface area (Å²) in [4.78, 5) is 11.7. The van der Waals surface area contributed by atoms with Gasteiger partial charge in [0, 0.05) is 5.33 Å². The molecule has 0 saturated heterocycles. The smallest absolute Gasteiger partial charge is 0.306 e. The third kappa shape index (κ3) is 14.6. The molecule has 1 unspecified atom stereocenters. The first-order chi connectivity index (χ1) is 12.7. The van der Waals surface area contributed by atoms with Crippen molar-refractivity contribution < 1.29 is 9.90 Å². The van der Waals surface area contributed by atoms with Crippen LogP contribution in [0.15, 0.2) is 25.3 Å². The van der Waals surface area contributed by atoms with Crippen molar-refractivity contribution in [3.05, 3.63) is 25.3 Å². The highest BCUT2D eigenvalue weighted by Gasteiger charge is 2.26. The fourth-order valence-corrected chi connectivity index (χ4v) is 4.17. The van der Waals surface area contributed by atoms with Gasteiger partial charge in [-0.05, 0) is 50.9 Å². The van der Waals surface area contributed by atoms with E-state index in [1.807, 2.05) is 12.2 Å². The zero-order valence-electron chi connectivity index (χ0n) is 16.8.